The van der Waals surface area contributed by atoms with E-state index in [9.17, 15) is 0 Å². The molecule has 0 saturated carbocycles. The van der Waals surface area contributed by atoms with Crippen LogP contribution >= 0.6 is 22.7 Å². The van der Waals surface area contributed by atoms with Crippen molar-refractivity contribution in [2.24, 2.45) is 10.1 Å². The number of benzene rings is 1. The Morgan fingerprint density at radius 3 is 2.68 bits per heavy atom. The van der Waals surface area contributed by atoms with Crippen LogP contribution in [0.1, 0.15) is 26.3 Å². The van der Waals surface area contributed by atoms with Crippen LogP contribution < -0.4 is 9.54 Å². The Balaban J connectivity index is 2.12. The van der Waals surface area contributed by atoms with Gasteiger partial charge in [0.1, 0.15) is 5.75 Å². The predicted molar refractivity (Wildman–Crippen MR) is 107 cm³/mol. The number of thiophene rings is 1. The monoisotopic (exact) mass is 371 g/mol. The lowest BCUT2D eigenvalue weighted by atomic mass is 10.1. The Morgan fingerprint density at radius 1 is 1.16 bits per heavy atom. The third-order valence-corrected chi connectivity index (χ3v) is 5.29. The van der Waals surface area contributed by atoms with Gasteiger partial charge in [-0.15, -0.1) is 22.7 Å². The third kappa shape index (κ3) is 4.08. The number of hydrogen-bond donors (Lipinski definition) is 0. The number of hydrogen-bond acceptors (Lipinski definition) is 5. The molecule has 0 spiro atoms. The molecule has 0 saturated heterocycles. The standard InChI is InChI=1S/C19H21N3OS2/c1-13(2)20-19-22(17(12-25-19)18-9-6-10-24-18)21-14(3)15-7-5-8-16(11-15)23-4/h5-13H,1-4H3. The van der Waals surface area contributed by atoms with E-state index in [0.717, 1.165) is 27.5 Å². The van der Waals surface area contributed by atoms with Crippen molar-refractivity contribution in [3.05, 3.63) is 57.5 Å². The van der Waals surface area contributed by atoms with Crippen molar-refractivity contribution in [3.8, 4) is 16.3 Å². The Bertz CT molecular complexity index is 934. The molecule has 3 rings (SSSR count). The molecule has 2 heterocycles. The molecule has 0 aliphatic heterocycles. The van der Waals surface area contributed by atoms with Gasteiger partial charge in [0.05, 0.1) is 23.4 Å². The lowest BCUT2D eigenvalue weighted by molar-refractivity contribution is 0.414. The molecule has 0 amide bonds. The van der Waals surface area contributed by atoms with Gasteiger partial charge in [-0.3, -0.25) is 4.99 Å². The van der Waals surface area contributed by atoms with Gasteiger partial charge in [0, 0.05) is 17.0 Å². The van der Waals surface area contributed by atoms with E-state index in [4.69, 9.17) is 14.8 Å². The molecule has 0 unspecified atom stereocenters. The summed E-state index contributed by atoms with van der Waals surface area (Å²) in [5, 5.41) is 9.07. The molecule has 2 aromatic heterocycles. The highest BCUT2D eigenvalue weighted by atomic mass is 32.1. The van der Waals surface area contributed by atoms with Crippen molar-refractivity contribution in [3.63, 3.8) is 0 Å². The SMILES string of the molecule is COc1cccc(C(C)=Nn2c(-c3cccs3)csc2=NC(C)C)c1. The molecule has 130 valence electrons. The van der Waals surface area contributed by atoms with Gasteiger partial charge < -0.3 is 4.74 Å². The van der Waals surface area contributed by atoms with Gasteiger partial charge in [0.25, 0.3) is 0 Å². The molecule has 0 atom stereocenters. The number of aromatic nitrogens is 1. The fourth-order valence-electron chi connectivity index (χ4n) is 2.36. The highest BCUT2D eigenvalue weighted by Gasteiger charge is 2.10. The zero-order chi connectivity index (χ0) is 17.8. The van der Waals surface area contributed by atoms with E-state index in [1.165, 1.54) is 4.88 Å². The number of rotatable bonds is 5. The average molecular weight is 372 g/mol. The van der Waals surface area contributed by atoms with E-state index >= 15 is 0 Å². The quantitative estimate of drug-likeness (QED) is 0.590. The van der Waals surface area contributed by atoms with E-state index in [1.54, 1.807) is 29.8 Å². The Kier molecular flexibility index (Phi) is 5.50. The summed E-state index contributed by atoms with van der Waals surface area (Å²) >= 11 is 3.33. The molecule has 0 radical (unpaired) electrons. The highest BCUT2D eigenvalue weighted by molar-refractivity contribution is 7.14. The van der Waals surface area contributed by atoms with Crippen LogP contribution in [0.25, 0.3) is 10.6 Å². The first-order chi connectivity index (χ1) is 12.1. The van der Waals surface area contributed by atoms with Crippen molar-refractivity contribution < 1.29 is 4.74 Å². The third-order valence-electron chi connectivity index (χ3n) is 3.57. The minimum absolute atomic E-state index is 0.216. The number of methoxy groups -OCH3 is 1. The fourth-order valence-corrected chi connectivity index (χ4v) is 4.11. The zero-order valence-electron chi connectivity index (χ0n) is 14.8. The number of nitrogens with zero attached hydrogens (tertiary/aromatic N) is 3. The van der Waals surface area contributed by atoms with E-state index in [1.807, 2.05) is 35.9 Å². The van der Waals surface area contributed by atoms with E-state index in [0.29, 0.717) is 0 Å². The van der Waals surface area contributed by atoms with Crippen LogP contribution in [-0.4, -0.2) is 23.5 Å². The van der Waals surface area contributed by atoms with E-state index in [-0.39, 0.29) is 6.04 Å². The van der Waals surface area contributed by atoms with Gasteiger partial charge >= 0.3 is 0 Å². The first kappa shape index (κ1) is 17.6. The van der Waals surface area contributed by atoms with Crippen LogP contribution in [0.2, 0.25) is 0 Å². The molecule has 0 N–H and O–H groups in total. The highest BCUT2D eigenvalue weighted by Crippen LogP contribution is 2.25. The molecule has 6 heteroatoms. The van der Waals surface area contributed by atoms with E-state index < -0.39 is 0 Å². The second kappa shape index (κ2) is 7.80. The van der Waals surface area contributed by atoms with Crippen LogP contribution in [0, 0.1) is 0 Å². The van der Waals surface area contributed by atoms with Gasteiger partial charge in [-0.25, -0.2) is 4.68 Å². The minimum Gasteiger partial charge on any atom is -0.497 e. The summed E-state index contributed by atoms with van der Waals surface area (Å²) in [6.45, 7) is 6.16. The van der Waals surface area contributed by atoms with Gasteiger partial charge in [-0.1, -0.05) is 18.2 Å². The van der Waals surface area contributed by atoms with Gasteiger partial charge in [-0.2, -0.15) is 5.10 Å². The van der Waals surface area contributed by atoms with Crippen LogP contribution in [0.4, 0.5) is 0 Å². The van der Waals surface area contributed by atoms with Crippen molar-refractivity contribution in [2.75, 3.05) is 7.11 Å². The Hall–Kier alpha value is -2.18. The summed E-state index contributed by atoms with van der Waals surface area (Å²) in [5.74, 6) is 0.827. The number of thiazole rings is 1. The maximum atomic E-state index is 5.32. The van der Waals surface area contributed by atoms with Crippen LogP contribution in [0.5, 0.6) is 5.75 Å². The van der Waals surface area contributed by atoms with Crippen LogP contribution in [0.3, 0.4) is 0 Å². The topological polar surface area (TPSA) is 38.9 Å². The average Bonchev–Trinajstić information content (AvgIpc) is 3.25. The largest absolute Gasteiger partial charge is 0.497 e. The lowest BCUT2D eigenvalue weighted by Gasteiger charge is -2.07. The van der Waals surface area contributed by atoms with Crippen LogP contribution in [0.15, 0.2) is 57.3 Å². The zero-order valence-corrected chi connectivity index (χ0v) is 16.4. The molecule has 3 aromatic rings. The second-order valence-electron chi connectivity index (χ2n) is 5.83. The molecule has 25 heavy (non-hydrogen) atoms. The summed E-state index contributed by atoms with van der Waals surface area (Å²) in [6.07, 6.45) is 0. The summed E-state index contributed by atoms with van der Waals surface area (Å²) < 4.78 is 7.27. The van der Waals surface area contributed by atoms with E-state index in [2.05, 4.69) is 36.7 Å². The maximum Gasteiger partial charge on any atom is 0.206 e. The summed E-state index contributed by atoms with van der Waals surface area (Å²) in [5.41, 5.74) is 3.02. The summed E-state index contributed by atoms with van der Waals surface area (Å²) in [6, 6.07) is 12.3. The van der Waals surface area contributed by atoms with Gasteiger partial charge in [0.2, 0.25) is 4.80 Å². The molecule has 0 fully saturated rings. The first-order valence-electron chi connectivity index (χ1n) is 8.06. The van der Waals surface area contributed by atoms with Crippen molar-refractivity contribution in [2.45, 2.75) is 26.8 Å². The number of ether oxygens (including phenoxy) is 1. The smallest absolute Gasteiger partial charge is 0.206 e. The second-order valence-corrected chi connectivity index (χ2v) is 7.62. The molecule has 4 nitrogen and oxygen atoms in total. The molecule has 0 bridgehead atoms. The molecule has 0 aliphatic rings. The normalized spacial score (nSPS) is 12.8. The van der Waals surface area contributed by atoms with Crippen molar-refractivity contribution in [1.29, 1.82) is 0 Å². The van der Waals surface area contributed by atoms with Gasteiger partial charge in [-0.05, 0) is 44.4 Å². The Labute approximate surface area is 155 Å². The first-order valence-corrected chi connectivity index (χ1v) is 9.82. The van der Waals surface area contributed by atoms with Gasteiger partial charge in [0.15, 0.2) is 0 Å². The lowest BCUT2D eigenvalue weighted by Crippen LogP contribution is -2.16. The maximum absolute atomic E-state index is 5.32. The van der Waals surface area contributed by atoms with Crippen molar-refractivity contribution >= 4 is 28.4 Å². The summed E-state index contributed by atoms with van der Waals surface area (Å²) in [7, 11) is 1.67. The molecular formula is C19H21N3OS2. The van der Waals surface area contributed by atoms with Crippen molar-refractivity contribution in [1.82, 2.24) is 4.68 Å². The molecule has 1 aromatic carbocycles. The van der Waals surface area contributed by atoms with Crippen LogP contribution in [-0.2, 0) is 0 Å². The summed E-state index contributed by atoms with van der Waals surface area (Å²) in [4.78, 5) is 6.81. The Morgan fingerprint density at radius 2 is 2.00 bits per heavy atom. The minimum atomic E-state index is 0.216. The fraction of sp³-hybridized carbons (Fsp3) is 0.263. The molecular weight excluding hydrogens is 350 g/mol. The molecule has 0 aliphatic carbocycles. The predicted octanol–water partition coefficient (Wildman–Crippen LogP) is 4.87.